The second-order valence-electron chi connectivity index (χ2n) is 10.1. The van der Waals surface area contributed by atoms with Crippen molar-refractivity contribution in [1.29, 1.82) is 0 Å². The van der Waals surface area contributed by atoms with Gasteiger partial charge < -0.3 is 14.6 Å². The van der Waals surface area contributed by atoms with E-state index < -0.39 is 28.5 Å². The lowest BCUT2D eigenvalue weighted by Gasteiger charge is -2.65. The molecule has 0 heterocycles. The van der Waals surface area contributed by atoms with E-state index in [0.717, 1.165) is 12.8 Å². The Morgan fingerprint density at radius 1 is 1.17 bits per heavy atom. The molecule has 2 bridgehead atoms. The molecule has 0 amide bonds. The monoisotopic (exact) mass is 404 g/mol. The van der Waals surface area contributed by atoms with Gasteiger partial charge in [0.25, 0.3) is 0 Å². The van der Waals surface area contributed by atoms with Gasteiger partial charge in [0, 0.05) is 12.3 Å². The second-order valence-corrected chi connectivity index (χ2v) is 10.1. The molecule has 0 saturated heterocycles. The van der Waals surface area contributed by atoms with Crippen LogP contribution in [0.5, 0.6) is 0 Å². The Bertz CT molecular complexity index is 788. The van der Waals surface area contributed by atoms with Crippen LogP contribution in [0.15, 0.2) is 12.2 Å². The summed E-state index contributed by atoms with van der Waals surface area (Å²) < 4.78 is 11.0. The number of aliphatic hydroxyl groups excluding tert-OH is 1. The first-order valence-corrected chi connectivity index (χ1v) is 10.7. The van der Waals surface area contributed by atoms with Gasteiger partial charge in [-0.05, 0) is 68.8 Å². The fourth-order valence-electron chi connectivity index (χ4n) is 7.80. The van der Waals surface area contributed by atoms with E-state index in [4.69, 9.17) is 9.47 Å². The number of hydrogen-bond acceptors (Lipinski definition) is 6. The number of allylic oxidation sites excluding steroid dienone is 1. The van der Waals surface area contributed by atoms with Gasteiger partial charge in [0.05, 0.1) is 24.0 Å². The number of rotatable bonds is 2. The van der Waals surface area contributed by atoms with Crippen LogP contribution in [-0.4, -0.2) is 42.1 Å². The first-order valence-electron chi connectivity index (χ1n) is 10.7. The number of hydrogen-bond donors (Lipinski definition) is 1. The maximum absolute atomic E-state index is 13.4. The lowest BCUT2D eigenvalue weighted by atomic mass is 9.39. The second kappa shape index (κ2) is 6.40. The molecule has 0 aliphatic heterocycles. The quantitative estimate of drug-likeness (QED) is 0.562. The lowest BCUT2D eigenvalue weighted by Crippen LogP contribution is -2.68. The minimum absolute atomic E-state index is 0.0240. The van der Waals surface area contributed by atoms with Gasteiger partial charge in [-0.1, -0.05) is 13.5 Å². The van der Waals surface area contributed by atoms with E-state index >= 15 is 0 Å². The van der Waals surface area contributed by atoms with Crippen molar-refractivity contribution in [1.82, 2.24) is 0 Å². The Hall–Kier alpha value is -1.69. The third-order valence-corrected chi connectivity index (χ3v) is 9.12. The lowest BCUT2D eigenvalue weighted by molar-refractivity contribution is -0.241. The predicted octanol–water partition coefficient (Wildman–Crippen LogP) is 2.82. The van der Waals surface area contributed by atoms with Gasteiger partial charge in [-0.15, -0.1) is 0 Å². The molecule has 4 aliphatic carbocycles. The van der Waals surface area contributed by atoms with E-state index in [1.165, 1.54) is 14.0 Å². The highest BCUT2D eigenvalue weighted by atomic mass is 16.5. The summed E-state index contributed by atoms with van der Waals surface area (Å²) in [6.45, 7) is 9.41. The summed E-state index contributed by atoms with van der Waals surface area (Å²) in [5, 5.41) is 11.4. The van der Waals surface area contributed by atoms with Gasteiger partial charge in [0.2, 0.25) is 0 Å². The first kappa shape index (κ1) is 20.6. The molecule has 6 nitrogen and oxygen atoms in total. The summed E-state index contributed by atoms with van der Waals surface area (Å²) in [6.07, 6.45) is 2.37. The standard InChI is InChI=1S/C23H32O6/c1-12-14-6-7-15-22(4)16(10-17(25)23(15,11-14)19(12)26)21(3,20(27)28-5)9-8-18(22)29-13(2)24/h14-18,25H,1,6-11H2,2-5H3/t14-,15?,16?,17+,18+,21-,22+,23-/m1/s1. The summed E-state index contributed by atoms with van der Waals surface area (Å²) in [4.78, 5) is 38.2. The third kappa shape index (κ3) is 2.41. The van der Waals surface area contributed by atoms with Crippen molar-refractivity contribution in [2.75, 3.05) is 7.11 Å². The molecule has 8 atom stereocenters. The predicted molar refractivity (Wildman–Crippen MR) is 105 cm³/mol. The highest BCUT2D eigenvalue weighted by Crippen LogP contribution is 2.71. The van der Waals surface area contributed by atoms with Gasteiger partial charge in [0.1, 0.15) is 6.10 Å². The maximum Gasteiger partial charge on any atom is 0.311 e. The minimum atomic E-state index is -0.877. The summed E-state index contributed by atoms with van der Waals surface area (Å²) in [7, 11) is 1.39. The van der Waals surface area contributed by atoms with E-state index in [9.17, 15) is 19.5 Å². The van der Waals surface area contributed by atoms with Crippen molar-refractivity contribution >= 4 is 17.7 Å². The number of Topliss-reactive ketones (excluding diaryl/α,β-unsaturated/α-hetero) is 1. The zero-order valence-corrected chi connectivity index (χ0v) is 17.8. The molecular formula is C23H32O6. The number of fused-ring (bicyclic) bond motifs is 3. The molecular weight excluding hydrogens is 372 g/mol. The Morgan fingerprint density at radius 3 is 2.48 bits per heavy atom. The van der Waals surface area contributed by atoms with Crippen molar-refractivity contribution in [3.05, 3.63) is 12.2 Å². The molecule has 0 radical (unpaired) electrons. The summed E-state index contributed by atoms with van der Waals surface area (Å²) in [5.41, 5.74) is -1.64. The molecule has 6 heteroatoms. The maximum atomic E-state index is 13.4. The van der Waals surface area contributed by atoms with Crippen LogP contribution in [0.3, 0.4) is 0 Å². The molecule has 1 spiro atoms. The summed E-state index contributed by atoms with van der Waals surface area (Å²) in [5.74, 6) is -0.966. The Morgan fingerprint density at radius 2 is 1.86 bits per heavy atom. The molecule has 1 N–H and O–H groups in total. The highest BCUT2D eigenvalue weighted by Gasteiger charge is 2.73. The highest BCUT2D eigenvalue weighted by molar-refractivity contribution is 6.03. The van der Waals surface area contributed by atoms with Crippen LogP contribution >= 0.6 is 0 Å². The van der Waals surface area contributed by atoms with Crippen molar-refractivity contribution in [2.24, 2.45) is 34.0 Å². The molecule has 4 aliphatic rings. The van der Waals surface area contributed by atoms with Crippen LogP contribution in [0.4, 0.5) is 0 Å². The normalized spacial score (nSPS) is 48.5. The Labute approximate surface area is 172 Å². The zero-order chi connectivity index (χ0) is 21.4. The van der Waals surface area contributed by atoms with Crippen molar-refractivity contribution < 1.29 is 29.0 Å². The SMILES string of the molecule is C=C1C(=O)[C@]23C[C@H]1CCC2[C@@]1(C)C(C[C@@H]3O)[C@](C)(C(=O)OC)CC[C@@H]1OC(C)=O. The number of methoxy groups -OCH3 is 1. The minimum Gasteiger partial charge on any atom is -0.469 e. The molecule has 29 heavy (non-hydrogen) atoms. The number of aliphatic hydroxyl groups is 1. The average Bonchev–Trinajstić information content (AvgIpc) is 2.87. The summed E-state index contributed by atoms with van der Waals surface area (Å²) >= 11 is 0. The molecule has 4 rings (SSSR count). The van der Waals surface area contributed by atoms with E-state index in [1.807, 2.05) is 6.92 Å². The zero-order valence-electron chi connectivity index (χ0n) is 17.8. The van der Waals surface area contributed by atoms with Gasteiger partial charge in [0.15, 0.2) is 5.78 Å². The van der Waals surface area contributed by atoms with Crippen LogP contribution in [0.2, 0.25) is 0 Å². The average molecular weight is 405 g/mol. The van der Waals surface area contributed by atoms with Crippen molar-refractivity contribution in [3.63, 3.8) is 0 Å². The van der Waals surface area contributed by atoms with Gasteiger partial charge in [-0.2, -0.15) is 0 Å². The Kier molecular flexibility index (Phi) is 4.54. The fourth-order valence-corrected chi connectivity index (χ4v) is 7.80. The molecule has 160 valence electrons. The first-order chi connectivity index (χ1) is 13.5. The largest absolute Gasteiger partial charge is 0.469 e. The number of ketones is 1. The topological polar surface area (TPSA) is 89.9 Å². The van der Waals surface area contributed by atoms with E-state index in [2.05, 4.69) is 13.5 Å². The molecule has 0 aromatic heterocycles. The smallest absolute Gasteiger partial charge is 0.311 e. The van der Waals surface area contributed by atoms with Crippen LogP contribution in [0.1, 0.15) is 59.3 Å². The van der Waals surface area contributed by atoms with E-state index in [0.29, 0.717) is 31.3 Å². The van der Waals surface area contributed by atoms with Gasteiger partial charge in [-0.3, -0.25) is 14.4 Å². The van der Waals surface area contributed by atoms with Crippen LogP contribution in [-0.2, 0) is 23.9 Å². The molecule has 4 saturated carbocycles. The molecule has 0 aromatic rings. The third-order valence-electron chi connectivity index (χ3n) is 9.12. The Balaban J connectivity index is 1.88. The molecule has 4 fully saturated rings. The van der Waals surface area contributed by atoms with Gasteiger partial charge in [-0.25, -0.2) is 0 Å². The van der Waals surface area contributed by atoms with E-state index in [-0.39, 0.29) is 35.5 Å². The van der Waals surface area contributed by atoms with Crippen LogP contribution in [0.25, 0.3) is 0 Å². The number of ether oxygens (including phenoxy) is 2. The number of carbonyl (C=O) groups is 3. The number of carbonyl (C=O) groups excluding carboxylic acids is 3. The van der Waals surface area contributed by atoms with Crippen molar-refractivity contribution in [3.8, 4) is 0 Å². The van der Waals surface area contributed by atoms with Crippen LogP contribution < -0.4 is 0 Å². The molecule has 0 aromatic carbocycles. The number of esters is 2. The molecule has 2 unspecified atom stereocenters. The van der Waals surface area contributed by atoms with Gasteiger partial charge >= 0.3 is 11.9 Å². The van der Waals surface area contributed by atoms with Crippen molar-refractivity contribution in [2.45, 2.75) is 71.5 Å². The fraction of sp³-hybridized carbons (Fsp3) is 0.783. The van der Waals surface area contributed by atoms with E-state index in [1.54, 1.807) is 0 Å². The van der Waals surface area contributed by atoms with Crippen LogP contribution in [0, 0.1) is 34.0 Å². The summed E-state index contributed by atoms with van der Waals surface area (Å²) in [6, 6.07) is 0.